The molecule has 0 amide bonds. The molecule has 104 valence electrons. The van der Waals surface area contributed by atoms with Gasteiger partial charge in [-0.1, -0.05) is 25.1 Å². The third-order valence-electron chi connectivity index (χ3n) is 3.81. The highest BCUT2D eigenvalue weighted by Crippen LogP contribution is 2.35. The van der Waals surface area contributed by atoms with Crippen molar-refractivity contribution in [3.8, 4) is 0 Å². The van der Waals surface area contributed by atoms with E-state index in [0.717, 1.165) is 18.8 Å². The second-order valence-corrected chi connectivity index (χ2v) is 5.58. The molecule has 1 aromatic heterocycles. The van der Waals surface area contributed by atoms with E-state index in [2.05, 4.69) is 58.5 Å². The number of nitrogens with one attached hydrogen (secondary N) is 1. The largest absolute Gasteiger partial charge is 0.341 e. The lowest BCUT2D eigenvalue weighted by atomic mass is 9.93. The number of benzene rings is 1. The summed E-state index contributed by atoms with van der Waals surface area (Å²) in [7, 11) is 1.95. The first-order chi connectivity index (χ1) is 9.78. The zero-order valence-electron chi connectivity index (χ0n) is 12.1. The average molecular weight is 267 g/mol. The van der Waals surface area contributed by atoms with Crippen LogP contribution in [0.25, 0.3) is 0 Å². The predicted octanol–water partition coefficient (Wildman–Crippen LogP) is 3.13. The van der Waals surface area contributed by atoms with E-state index in [0.29, 0.717) is 5.92 Å². The number of aromatic nitrogens is 1. The molecule has 20 heavy (non-hydrogen) atoms. The fourth-order valence-electron chi connectivity index (χ4n) is 2.95. The summed E-state index contributed by atoms with van der Waals surface area (Å²) in [6.07, 6.45) is 3.07. The van der Waals surface area contributed by atoms with Crippen LogP contribution < -0.4 is 10.2 Å². The number of hydrogen-bond donors (Lipinski definition) is 1. The minimum Gasteiger partial charge on any atom is -0.341 e. The summed E-state index contributed by atoms with van der Waals surface area (Å²) < 4.78 is 0. The first-order valence-electron chi connectivity index (χ1n) is 7.23. The molecule has 1 aliphatic rings. The summed E-state index contributed by atoms with van der Waals surface area (Å²) in [4.78, 5) is 6.83. The molecule has 0 spiro atoms. The predicted molar refractivity (Wildman–Crippen MR) is 83.3 cm³/mol. The van der Waals surface area contributed by atoms with Crippen LogP contribution in [-0.4, -0.2) is 18.6 Å². The van der Waals surface area contributed by atoms with Crippen LogP contribution in [0.1, 0.15) is 18.2 Å². The Morgan fingerprint density at radius 2 is 2.15 bits per heavy atom. The number of hydrogen-bond acceptors (Lipinski definition) is 3. The van der Waals surface area contributed by atoms with Gasteiger partial charge in [-0.05, 0) is 43.1 Å². The van der Waals surface area contributed by atoms with E-state index < -0.39 is 0 Å². The van der Waals surface area contributed by atoms with Crippen molar-refractivity contribution in [2.75, 3.05) is 18.5 Å². The van der Waals surface area contributed by atoms with E-state index in [1.807, 2.05) is 13.2 Å². The van der Waals surface area contributed by atoms with Crippen LogP contribution in [0.15, 0.2) is 42.6 Å². The van der Waals surface area contributed by atoms with Gasteiger partial charge in [0.05, 0.1) is 5.69 Å². The van der Waals surface area contributed by atoms with Crippen molar-refractivity contribution in [1.29, 1.82) is 0 Å². The standard InChI is InChI=1S/C17H21N3/c1-13-9-14-5-3-4-6-17(14)20(12-13)16-7-8-19-15(10-16)11-18-2/h3-8,10,13,18H,9,11-12H2,1-2H3. The molecule has 1 aliphatic heterocycles. The van der Waals surface area contributed by atoms with Gasteiger partial charge in [-0.25, -0.2) is 0 Å². The Kier molecular flexibility index (Phi) is 3.70. The number of para-hydroxylation sites is 1. The lowest BCUT2D eigenvalue weighted by Gasteiger charge is -2.35. The maximum absolute atomic E-state index is 4.41. The van der Waals surface area contributed by atoms with Crippen molar-refractivity contribution in [2.45, 2.75) is 19.9 Å². The molecule has 1 atom stereocenters. The fraction of sp³-hybridized carbons (Fsp3) is 0.353. The first kappa shape index (κ1) is 13.1. The molecular formula is C17H21N3. The van der Waals surface area contributed by atoms with E-state index in [-0.39, 0.29) is 0 Å². The van der Waals surface area contributed by atoms with Gasteiger partial charge < -0.3 is 10.2 Å². The summed E-state index contributed by atoms with van der Waals surface area (Å²) in [6, 6.07) is 13.0. The Bertz CT molecular complexity index is 594. The molecule has 1 aromatic carbocycles. The van der Waals surface area contributed by atoms with Crippen molar-refractivity contribution in [3.05, 3.63) is 53.9 Å². The number of pyridine rings is 1. The molecule has 2 heterocycles. The van der Waals surface area contributed by atoms with Crippen LogP contribution in [0.4, 0.5) is 11.4 Å². The summed E-state index contributed by atoms with van der Waals surface area (Å²) in [5.74, 6) is 0.672. The summed E-state index contributed by atoms with van der Waals surface area (Å²) in [6.45, 7) is 4.19. The van der Waals surface area contributed by atoms with Gasteiger partial charge in [0.2, 0.25) is 0 Å². The third-order valence-corrected chi connectivity index (χ3v) is 3.81. The Morgan fingerprint density at radius 1 is 1.30 bits per heavy atom. The molecule has 0 saturated carbocycles. The van der Waals surface area contributed by atoms with Gasteiger partial charge in [-0.3, -0.25) is 4.98 Å². The van der Waals surface area contributed by atoms with Crippen LogP contribution in [0.3, 0.4) is 0 Å². The number of anilines is 2. The Balaban J connectivity index is 1.99. The minimum absolute atomic E-state index is 0.672. The molecule has 3 rings (SSSR count). The molecule has 0 aliphatic carbocycles. The molecule has 1 N–H and O–H groups in total. The van der Waals surface area contributed by atoms with Crippen LogP contribution in [0.5, 0.6) is 0 Å². The second kappa shape index (κ2) is 5.63. The highest BCUT2D eigenvalue weighted by molar-refractivity contribution is 5.68. The van der Waals surface area contributed by atoms with Crippen molar-refractivity contribution in [2.24, 2.45) is 5.92 Å². The van der Waals surface area contributed by atoms with E-state index in [9.17, 15) is 0 Å². The molecule has 1 unspecified atom stereocenters. The maximum Gasteiger partial charge on any atom is 0.0562 e. The first-order valence-corrected chi connectivity index (χ1v) is 7.23. The van der Waals surface area contributed by atoms with Crippen molar-refractivity contribution in [1.82, 2.24) is 10.3 Å². The van der Waals surface area contributed by atoms with Crippen molar-refractivity contribution in [3.63, 3.8) is 0 Å². The zero-order valence-corrected chi connectivity index (χ0v) is 12.1. The van der Waals surface area contributed by atoms with Gasteiger partial charge in [0.15, 0.2) is 0 Å². The lowest BCUT2D eigenvalue weighted by Crippen LogP contribution is -2.30. The fourth-order valence-corrected chi connectivity index (χ4v) is 2.95. The average Bonchev–Trinajstić information content (AvgIpc) is 2.47. The van der Waals surface area contributed by atoms with Gasteiger partial charge in [-0.15, -0.1) is 0 Å². The van der Waals surface area contributed by atoms with Crippen molar-refractivity contribution < 1.29 is 0 Å². The Morgan fingerprint density at radius 3 is 3.00 bits per heavy atom. The van der Waals surface area contributed by atoms with Gasteiger partial charge in [0.25, 0.3) is 0 Å². The molecule has 0 radical (unpaired) electrons. The van der Waals surface area contributed by atoms with E-state index >= 15 is 0 Å². The molecular weight excluding hydrogens is 246 g/mol. The minimum atomic E-state index is 0.672. The normalized spacial score (nSPS) is 17.9. The van der Waals surface area contributed by atoms with Gasteiger partial charge in [0.1, 0.15) is 0 Å². The number of nitrogens with zero attached hydrogens (tertiary/aromatic N) is 2. The summed E-state index contributed by atoms with van der Waals surface area (Å²) in [5.41, 5.74) is 5.11. The van der Waals surface area contributed by atoms with Gasteiger partial charge in [-0.2, -0.15) is 0 Å². The van der Waals surface area contributed by atoms with Crippen LogP contribution in [0, 0.1) is 5.92 Å². The number of fused-ring (bicyclic) bond motifs is 1. The molecule has 0 fully saturated rings. The van der Waals surface area contributed by atoms with E-state index in [1.54, 1.807) is 0 Å². The van der Waals surface area contributed by atoms with Gasteiger partial charge >= 0.3 is 0 Å². The lowest BCUT2D eigenvalue weighted by molar-refractivity contribution is 0.562. The van der Waals surface area contributed by atoms with Gasteiger partial charge in [0, 0.05) is 30.7 Å². The molecule has 3 nitrogen and oxygen atoms in total. The second-order valence-electron chi connectivity index (χ2n) is 5.58. The highest BCUT2D eigenvalue weighted by atomic mass is 15.1. The molecule has 2 aromatic rings. The molecule has 0 bridgehead atoms. The Labute approximate surface area is 120 Å². The molecule has 0 saturated heterocycles. The summed E-state index contributed by atoms with van der Waals surface area (Å²) >= 11 is 0. The zero-order chi connectivity index (χ0) is 13.9. The smallest absolute Gasteiger partial charge is 0.0562 e. The van der Waals surface area contributed by atoms with Crippen molar-refractivity contribution >= 4 is 11.4 Å². The SMILES string of the molecule is CNCc1cc(N2CC(C)Cc3ccccc32)ccn1. The summed E-state index contributed by atoms with van der Waals surface area (Å²) in [5, 5.41) is 3.16. The van der Waals surface area contributed by atoms with Crippen LogP contribution >= 0.6 is 0 Å². The van der Waals surface area contributed by atoms with Crippen LogP contribution in [0.2, 0.25) is 0 Å². The number of rotatable bonds is 3. The topological polar surface area (TPSA) is 28.2 Å². The maximum atomic E-state index is 4.41. The quantitative estimate of drug-likeness (QED) is 0.926. The van der Waals surface area contributed by atoms with E-state index in [1.165, 1.54) is 23.4 Å². The monoisotopic (exact) mass is 267 g/mol. The Hall–Kier alpha value is -1.87. The van der Waals surface area contributed by atoms with E-state index in [4.69, 9.17) is 0 Å². The third kappa shape index (κ3) is 2.54. The molecule has 3 heteroatoms. The van der Waals surface area contributed by atoms with Crippen LogP contribution in [-0.2, 0) is 13.0 Å². The highest BCUT2D eigenvalue weighted by Gasteiger charge is 2.22.